The Bertz CT molecular complexity index is 253. The van der Waals surface area contributed by atoms with E-state index in [0.717, 1.165) is 6.42 Å². The third-order valence-corrected chi connectivity index (χ3v) is 5.89. The van der Waals surface area contributed by atoms with E-state index in [1.54, 1.807) is 0 Å². The maximum atomic E-state index is 5.56. The van der Waals surface area contributed by atoms with E-state index in [-0.39, 0.29) is 6.17 Å². The summed E-state index contributed by atoms with van der Waals surface area (Å²) in [6.07, 6.45) is 32.4. The fourth-order valence-corrected chi connectivity index (χ4v) is 3.99. The largest absolute Gasteiger partial charge is 0.316 e. The third kappa shape index (κ3) is 25.9. The highest BCUT2D eigenvalue weighted by Crippen LogP contribution is 2.15. The SMILES string of the molecule is CCCCCCCCCCCCCCCCCCCCCCCCC(N)N. The van der Waals surface area contributed by atoms with Gasteiger partial charge in [0.1, 0.15) is 0 Å². The van der Waals surface area contributed by atoms with Gasteiger partial charge in [-0.3, -0.25) is 0 Å². The van der Waals surface area contributed by atoms with Crippen LogP contribution in [0.1, 0.15) is 155 Å². The summed E-state index contributed by atoms with van der Waals surface area (Å²) >= 11 is 0. The molecule has 0 heterocycles. The Hall–Kier alpha value is -0.0800. The van der Waals surface area contributed by atoms with Gasteiger partial charge in [-0.25, -0.2) is 0 Å². The summed E-state index contributed by atoms with van der Waals surface area (Å²) in [5.41, 5.74) is 11.1. The van der Waals surface area contributed by atoms with Crippen molar-refractivity contribution >= 4 is 0 Å². The summed E-state index contributed by atoms with van der Waals surface area (Å²) in [5, 5.41) is 0. The molecule has 0 unspecified atom stereocenters. The molecule has 0 aliphatic heterocycles. The van der Waals surface area contributed by atoms with Crippen molar-refractivity contribution in [1.29, 1.82) is 0 Å². The molecule has 164 valence electrons. The fourth-order valence-electron chi connectivity index (χ4n) is 3.99. The zero-order chi connectivity index (χ0) is 19.8. The molecule has 0 bridgehead atoms. The third-order valence-electron chi connectivity index (χ3n) is 5.89. The zero-order valence-corrected chi connectivity index (χ0v) is 19.0. The molecule has 0 aromatic rings. The monoisotopic (exact) mass is 382 g/mol. The van der Waals surface area contributed by atoms with Gasteiger partial charge in [0, 0.05) is 0 Å². The maximum absolute atomic E-state index is 5.56. The predicted octanol–water partition coefficient (Wildman–Crippen LogP) is 8.22. The zero-order valence-electron chi connectivity index (χ0n) is 19.0. The van der Waals surface area contributed by atoms with Gasteiger partial charge in [-0.2, -0.15) is 0 Å². The molecule has 0 aliphatic rings. The molecule has 0 spiro atoms. The second-order valence-corrected chi connectivity index (χ2v) is 8.88. The summed E-state index contributed by atoms with van der Waals surface area (Å²) in [6, 6.07) is 0. The van der Waals surface area contributed by atoms with Crippen molar-refractivity contribution in [2.45, 2.75) is 161 Å². The van der Waals surface area contributed by atoms with Gasteiger partial charge in [0.05, 0.1) is 6.17 Å². The minimum atomic E-state index is -0.102. The lowest BCUT2D eigenvalue weighted by molar-refractivity contribution is 0.512. The van der Waals surface area contributed by atoms with Gasteiger partial charge in [-0.05, 0) is 6.42 Å². The van der Waals surface area contributed by atoms with Gasteiger partial charge in [-0.15, -0.1) is 0 Å². The first-order valence-corrected chi connectivity index (χ1v) is 12.8. The molecule has 2 heteroatoms. The molecule has 4 N–H and O–H groups in total. The van der Waals surface area contributed by atoms with Gasteiger partial charge in [-0.1, -0.05) is 148 Å². The smallest absolute Gasteiger partial charge is 0.0520 e. The molecule has 0 aromatic heterocycles. The van der Waals surface area contributed by atoms with E-state index >= 15 is 0 Å². The second-order valence-electron chi connectivity index (χ2n) is 8.88. The average molecular weight is 383 g/mol. The van der Waals surface area contributed by atoms with Crippen LogP contribution in [0.5, 0.6) is 0 Å². The average Bonchev–Trinajstić information content (AvgIpc) is 2.65. The standard InChI is InChI=1S/C25H54N2/c1-2-3-4-5-6-7-8-9-10-11-12-13-14-15-16-17-18-19-20-21-22-23-24-25(26)27/h25H,2-24,26-27H2,1H3. The van der Waals surface area contributed by atoms with Crippen LogP contribution in [0.2, 0.25) is 0 Å². The van der Waals surface area contributed by atoms with Crippen molar-refractivity contribution in [3.63, 3.8) is 0 Å². The lowest BCUT2D eigenvalue weighted by atomic mass is 10.0. The van der Waals surface area contributed by atoms with Gasteiger partial charge in [0.15, 0.2) is 0 Å². The molecule has 0 aromatic carbocycles. The molecule has 0 radical (unpaired) electrons. The van der Waals surface area contributed by atoms with E-state index in [1.165, 1.54) is 141 Å². The van der Waals surface area contributed by atoms with Crippen LogP contribution in [0.3, 0.4) is 0 Å². The lowest BCUT2D eigenvalue weighted by Crippen LogP contribution is -2.29. The maximum Gasteiger partial charge on any atom is 0.0520 e. The first-order valence-electron chi connectivity index (χ1n) is 12.8. The molecule has 2 nitrogen and oxygen atoms in total. The van der Waals surface area contributed by atoms with Crippen LogP contribution in [0.4, 0.5) is 0 Å². The summed E-state index contributed by atoms with van der Waals surface area (Å²) < 4.78 is 0. The summed E-state index contributed by atoms with van der Waals surface area (Å²) in [5.74, 6) is 0. The van der Waals surface area contributed by atoms with Crippen LogP contribution >= 0.6 is 0 Å². The highest BCUT2D eigenvalue weighted by Gasteiger charge is 1.96. The van der Waals surface area contributed by atoms with Crippen molar-refractivity contribution < 1.29 is 0 Å². The van der Waals surface area contributed by atoms with Crippen molar-refractivity contribution in [2.75, 3.05) is 0 Å². The fraction of sp³-hybridized carbons (Fsp3) is 1.00. The molecule has 0 fully saturated rings. The minimum Gasteiger partial charge on any atom is -0.316 e. The van der Waals surface area contributed by atoms with Crippen LogP contribution in [-0.4, -0.2) is 6.17 Å². The molecular formula is C25H54N2. The number of unbranched alkanes of at least 4 members (excludes halogenated alkanes) is 21. The van der Waals surface area contributed by atoms with Crippen molar-refractivity contribution in [2.24, 2.45) is 11.5 Å². The highest BCUT2D eigenvalue weighted by atomic mass is 14.8. The minimum absolute atomic E-state index is 0.102. The van der Waals surface area contributed by atoms with Crippen molar-refractivity contribution in [3.8, 4) is 0 Å². The van der Waals surface area contributed by atoms with Crippen LogP contribution in [0.15, 0.2) is 0 Å². The molecular weight excluding hydrogens is 328 g/mol. The van der Waals surface area contributed by atoms with E-state index < -0.39 is 0 Å². The summed E-state index contributed by atoms with van der Waals surface area (Å²) in [6.45, 7) is 2.30. The Morgan fingerprint density at radius 1 is 0.370 bits per heavy atom. The molecule has 0 rings (SSSR count). The number of hydrogen-bond donors (Lipinski definition) is 2. The van der Waals surface area contributed by atoms with E-state index in [2.05, 4.69) is 6.92 Å². The van der Waals surface area contributed by atoms with Crippen LogP contribution in [0.25, 0.3) is 0 Å². The molecule has 0 saturated carbocycles. The molecule has 27 heavy (non-hydrogen) atoms. The van der Waals surface area contributed by atoms with Gasteiger partial charge < -0.3 is 11.5 Å². The van der Waals surface area contributed by atoms with Crippen molar-refractivity contribution in [3.05, 3.63) is 0 Å². The predicted molar refractivity (Wildman–Crippen MR) is 124 cm³/mol. The number of hydrogen-bond acceptors (Lipinski definition) is 2. The van der Waals surface area contributed by atoms with E-state index in [4.69, 9.17) is 11.5 Å². The van der Waals surface area contributed by atoms with Gasteiger partial charge >= 0.3 is 0 Å². The quantitative estimate of drug-likeness (QED) is 0.138. The molecule has 0 amide bonds. The van der Waals surface area contributed by atoms with Crippen LogP contribution < -0.4 is 11.5 Å². The molecule has 0 saturated heterocycles. The van der Waals surface area contributed by atoms with Crippen molar-refractivity contribution in [1.82, 2.24) is 0 Å². The Kier molecular flexibility index (Phi) is 23.9. The Labute approximate surface area is 172 Å². The Morgan fingerprint density at radius 3 is 0.815 bits per heavy atom. The Morgan fingerprint density at radius 2 is 0.593 bits per heavy atom. The second kappa shape index (κ2) is 24.0. The normalized spacial score (nSPS) is 11.6. The molecule has 0 atom stereocenters. The van der Waals surface area contributed by atoms with Crippen LogP contribution in [-0.2, 0) is 0 Å². The van der Waals surface area contributed by atoms with Gasteiger partial charge in [0.25, 0.3) is 0 Å². The first kappa shape index (κ1) is 26.9. The van der Waals surface area contributed by atoms with E-state index in [1.807, 2.05) is 0 Å². The first-order chi connectivity index (χ1) is 13.3. The van der Waals surface area contributed by atoms with Gasteiger partial charge in [0.2, 0.25) is 0 Å². The topological polar surface area (TPSA) is 52.0 Å². The lowest BCUT2D eigenvalue weighted by Gasteiger charge is -2.05. The van der Waals surface area contributed by atoms with Crippen LogP contribution in [0, 0.1) is 0 Å². The Balaban J connectivity index is 2.97. The summed E-state index contributed by atoms with van der Waals surface area (Å²) in [7, 11) is 0. The number of nitrogens with two attached hydrogens (primary N) is 2. The highest BCUT2D eigenvalue weighted by molar-refractivity contribution is 4.53. The van der Waals surface area contributed by atoms with E-state index in [9.17, 15) is 0 Å². The van der Waals surface area contributed by atoms with E-state index in [0.29, 0.717) is 0 Å². The molecule has 0 aliphatic carbocycles. The number of rotatable bonds is 23. The summed E-state index contributed by atoms with van der Waals surface area (Å²) in [4.78, 5) is 0.